The molecule has 6 nitrogen and oxygen atoms in total. The van der Waals surface area contributed by atoms with Crippen LogP contribution in [0.15, 0.2) is 16.8 Å². The number of amides is 2. The molecule has 0 fully saturated rings. The van der Waals surface area contributed by atoms with Crippen molar-refractivity contribution in [2.45, 2.75) is 18.9 Å². The quantitative estimate of drug-likeness (QED) is 0.578. The molecule has 0 saturated carbocycles. The van der Waals surface area contributed by atoms with Crippen molar-refractivity contribution in [2.24, 2.45) is 0 Å². The van der Waals surface area contributed by atoms with Crippen LogP contribution in [0.2, 0.25) is 0 Å². The molecule has 1 heterocycles. The molecule has 0 bridgehead atoms. The lowest BCUT2D eigenvalue weighted by molar-refractivity contribution is -0.139. The van der Waals surface area contributed by atoms with Gasteiger partial charge in [-0.2, -0.15) is 11.3 Å². The van der Waals surface area contributed by atoms with Gasteiger partial charge in [-0.25, -0.2) is 9.59 Å². The highest BCUT2D eigenvalue weighted by Gasteiger charge is 2.18. The number of rotatable bonds is 7. The summed E-state index contributed by atoms with van der Waals surface area (Å²) in [4.78, 5) is 22.1. The van der Waals surface area contributed by atoms with Gasteiger partial charge in [0.15, 0.2) is 0 Å². The second kappa shape index (κ2) is 7.67. The van der Waals surface area contributed by atoms with Crippen molar-refractivity contribution < 1.29 is 19.8 Å². The molecular weight excluding hydrogens is 256 g/mol. The fourth-order valence-electron chi connectivity index (χ4n) is 1.35. The summed E-state index contributed by atoms with van der Waals surface area (Å²) in [5.74, 6) is -1.16. The second-order valence-electron chi connectivity index (χ2n) is 3.68. The Balaban J connectivity index is 2.25. The van der Waals surface area contributed by atoms with Gasteiger partial charge < -0.3 is 20.8 Å². The van der Waals surface area contributed by atoms with Crippen LogP contribution in [0.25, 0.3) is 0 Å². The van der Waals surface area contributed by atoms with E-state index >= 15 is 0 Å². The Morgan fingerprint density at radius 1 is 1.44 bits per heavy atom. The molecule has 18 heavy (non-hydrogen) atoms. The zero-order valence-electron chi connectivity index (χ0n) is 9.76. The zero-order chi connectivity index (χ0) is 13.4. The number of urea groups is 1. The summed E-state index contributed by atoms with van der Waals surface area (Å²) in [6.07, 6.45) is 0.696. The summed E-state index contributed by atoms with van der Waals surface area (Å²) in [6.45, 7) is 0.153. The summed E-state index contributed by atoms with van der Waals surface area (Å²) in [7, 11) is 0. The van der Waals surface area contributed by atoms with Crippen LogP contribution in [0, 0.1) is 0 Å². The third-order valence-electron chi connectivity index (χ3n) is 2.30. The Morgan fingerprint density at radius 2 is 2.22 bits per heavy atom. The Hall–Kier alpha value is -1.60. The van der Waals surface area contributed by atoms with Crippen molar-refractivity contribution in [3.63, 3.8) is 0 Å². The molecule has 0 aliphatic heterocycles. The average molecular weight is 272 g/mol. The van der Waals surface area contributed by atoms with Gasteiger partial charge >= 0.3 is 12.0 Å². The van der Waals surface area contributed by atoms with Crippen LogP contribution in [0.3, 0.4) is 0 Å². The van der Waals surface area contributed by atoms with E-state index in [-0.39, 0.29) is 13.0 Å². The van der Waals surface area contributed by atoms with E-state index in [9.17, 15) is 9.59 Å². The first-order valence-corrected chi connectivity index (χ1v) is 6.47. The highest BCUT2D eigenvalue weighted by Crippen LogP contribution is 2.05. The van der Waals surface area contributed by atoms with Crippen molar-refractivity contribution in [1.29, 1.82) is 0 Å². The number of carboxylic acid groups (broad SMARTS) is 1. The molecule has 0 aliphatic carbocycles. The number of nitrogens with one attached hydrogen (secondary N) is 2. The Labute approximate surface area is 109 Å². The number of hydrogen-bond acceptors (Lipinski definition) is 4. The van der Waals surface area contributed by atoms with Crippen LogP contribution in [-0.4, -0.2) is 41.4 Å². The molecule has 0 aromatic carbocycles. The topological polar surface area (TPSA) is 98.7 Å². The molecule has 0 radical (unpaired) electrons. The molecule has 100 valence electrons. The number of carbonyl (C=O) groups excluding carboxylic acids is 1. The van der Waals surface area contributed by atoms with E-state index in [0.29, 0.717) is 13.0 Å². The number of aliphatic hydroxyl groups excluding tert-OH is 1. The van der Waals surface area contributed by atoms with E-state index in [1.165, 1.54) is 0 Å². The summed E-state index contributed by atoms with van der Waals surface area (Å²) in [5, 5.41) is 26.3. The van der Waals surface area contributed by atoms with Crippen LogP contribution in [0.5, 0.6) is 0 Å². The molecule has 0 unspecified atom stereocenters. The molecule has 1 aromatic rings. The molecule has 7 heteroatoms. The second-order valence-corrected chi connectivity index (χ2v) is 4.46. The van der Waals surface area contributed by atoms with Crippen molar-refractivity contribution in [2.75, 3.05) is 13.2 Å². The number of carboxylic acids is 1. The van der Waals surface area contributed by atoms with E-state index in [1.807, 2.05) is 16.8 Å². The lowest BCUT2D eigenvalue weighted by Crippen LogP contribution is -2.46. The number of aliphatic hydroxyl groups is 1. The lowest BCUT2D eigenvalue weighted by atomic mass is 10.2. The van der Waals surface area contributed by atoms with Gasteiger partial charge in [0, 0.05) is 19.6 Å². The van der Waals surface area contributed by atoms with Crippen molar-refractivity contribution in [3.05, 3.63) is 22.4 Å². The van der Waals surface area contributed by atoms with Crippen molar-refractivity contribution in [3.8, 4) is 0 Å². The number of hydrogen-bond donors (Lipinski definition) is 4. The Morgan fingerprint density at radius 3 is 2.78 bits per heavy atom. The maximum atomic E-state index is 11.4. The first kappa shape index (κ1) is 14.5. The van der Waals surface area contributed by atoms with Crippen LogP contribution in [-0.2, 0) is 11.2 Å². The maximum absolute atomic E-state index is 11.4. The van der Waals surface area contributed by atoms with Gasteiger partial charge in [0.25, 0.3) is 0 Å². The summed E-state index contributed by atoms with van der Waals surface area (Å²) >= 11 is 1.59. The highest BCUT2D eigenvalue weighted by atomic mass is 32.1. The SMILES string of the molecule is O=C(NCCc1ccsc1)N[C@@H](CCO)C(=O)O. The van der Waals surface area contributed by atoms with Crippen LogP contribution in [0.1, 0.15) is 12.0 Å². The summed E-state index contributed by atoms with van der Waals surface area (Å²) in [6, 6.07) is 0.373. The predicted octanol–water partition coefficient (Wildman–Crippen LogP) is 0.425. The fourth-order valence-corrected chi connectivity index (χ4v) is 2.05. The van der Waals surface area contributed by atoms with Crippen molar-refractivity contribution in [1.82, 2.24) is 10.6 Å². The summed E-state index contributed by atoms with van der Waals surface area (Å²) < 4.78 is 0. The first-order chi connectivity index (χ1) is 8.63. The normalized spacial score (nSPS) is 11.8. The minimum Gasteiger partial charge on any atom is -0.480 e. The Bertz CT molecular complexity index is 380. The van der Waals surface area contributed by atoms with Gasteiger partial charge in [0.1, 0.15) is 6.04 Å². The fraction of sp³-hybridized carbons (Fsp3) is 0.455. The molecular formula is C11H16N2O4S. The Kier molecular flexibility index (Phi) is 6.16. The number of carbonyl (C=O) groups is 2. The van der Waals surface area contributed by atoms with E-state index < -0.39 is 18.0 Å². The minimum absolute atomic E-state index is 0.00666. The molecule has 4 N–H and O–H groups in total. The van der Waals surface area contributed by atoms with Gasteiger partial charge in [-0.3, -0.25) is 0 Å². The van der Waals surface area contributed by atoms with E-state index in [4.69, 9.17) is 10.2 Å². The van der Waals surface area contributed by atoms with Crippen molar-refractivity contribution >= 4 is 23.3 Å². The molecule has 1 rings (SSSR count). The van der Waals surface area contributed by atoms with Crippen LogP contribution < -0.4 is 10.6 Å². The van der Waals surface area contributed by atoms with E-state index in [0.717, 1.165) is 5.56 Å². The molecule has 1 aromatic heterocycles. The predicted molar refractivity (Wildman–Crippen MR) is 67.7 cm³/mol. The molecule has 0 saturated heterocycles. The average Bonchev–Trinajstić information content (AvgIpc) is 2.81. The van der Waals surface area contributed by atoms with Gasteiger partial charge in [0.2, 0.25) is 0 Å². The van der Waals surface area contributed by atoms with Gasteiger partial charge in [-0.1, -0.05) is 0 Å². The van der Waals surface area contributed by atoms with E-state index in [1.54, 1.807) is 11.3 Å². The smallest absolute Gasteiger partial charge is 0.326 e. The molecule has 0 spiro atoms. The zero-order valence-corrected chi connectivity index (χ0v) is 10.6. The third kappa shape index (κ3) is 5.15. The molecule has 2 amide bonds. The highest BCUT2D eigenvalue weighted by molar-refractivity contribution is 7.07. The van der Waals surface area contributed by atoms with Gasteiger partial charge in [-0.05, 0) is 28.8 Å². The monoisotopic (exact) mass is 272 g/mol. The molecule has 0 aliphatic rings. The van der Waals surface area contributed by atoms with Crippen LogP contribution in [0.4, 0.5) is 4.79 Å². The minimum atomic E-state index is -1.16. The van der Waals surface area contributed by atoms with Gasteiger partial charge in [0.05, 0.1) is 0 Å². The summed E-state index contributed by atoms with van der Waals surface area (Å²) in [5.41, 5.74) is 1.13. The van der Waals surface area contributed by atoms with Gasteiger partial charge in [-0.15, -0.1) is 0 Å². The molecule has 1 atom stereocenters. The standard InChI is InChI=1S/C11H16N2O4S/c14-5-2-9(10(15)16)13-11(17)12-4-1-8-3-6-18-7-8/h3,6-7,9,14H,1-2,4-5H2,(H,15,16)(H2,12,13,17)/t9-/m0/s1. The first-order valence-electron chi connectivity index (χ1n) is 5.52. The number of aliphatic carboxylic acids is 1. The lowest BCUT2D eigenvalue weighted by Gasteiger charge is -2.13. The largest absolute Gasteiger partial charge is 0.480 e. The third-order valence-corrected chi connectivity index (χ3v) is 3.03. The number of thiophene rings is 1. The van der Waals surface area contributed by atoms with Crippen LogP contribution >= 0.6 is 11.3 Å². The van der Waals surface area contributed by atoms with E-state index in [2.05, 4.69) is 10.6 Å². The maximum Gasteiger partial charge on any atom is 0.326 e.